The Balaban J connectivity index is 2.04. The summed E-state index contributed by atoms with van der Waals surface area (Å²) in [6.07, 6.45) is 1.03. The smallest absolute Gasteiger partial charge is 0.131 e. The van der Waals surface area contributed by atoms with Crippen molar-refractivity contribution in [2.75, 3.05) is 26.2 Å². The summed E-state index contributed by atoms with van der Waals surface area (Å²) >= 11 is 1.64. The average Bonchev–Trinajstić information content (AvgIpc) is 2.75. The first kappa shape index (κ1) is 15.6. The predicted molar refractivity (Wildman–Crippen MR) is 86.3 cm³/mol. The van der Waals surface area contributed by atoms with E-state index < -0.39 is 11.6 Å². The van der Waals surface area contributed by atoms with Gasteiger partial charge < -0.3 is 5.32 Å². The molecule has 118 valence electrons. The van der Waals surface area contributed by atoms with Crippen LogP contribution in [0.1, 0.15) is 28.5 Å². The van der Waals surface area contributed by atoms with Crippen LogP contribution in [0.2, 0.25) is 0 Å². The highest BCUT2D eigenvalue weighted by Crippen LogP contribution is 2.36. The highest BCUT2D eigenvalue weighted by Gasteiger charge is 2.27. The van der Waals surface area contributed by atoms with Crippen LogP contribution in [0.5, 0.6) is 0 Å². The molecule has 0 aliphatic carbocycles. The first-order valence-corrected chi connectivity index (χ1v) is 8.48. The van der Waals surface area contributed by atoms with Crippen molar-refractivity contribution in [1.29, 1.82) is 0 Å². The Hall–Kier alpha value is -1.30. The highest BCUT2D eigenvalue weighted by atomic mass is 32.1. The van der Waals surface area contributed by atoms with Crippen molar-refractivity contribution in [3.63, 3.8) is 0 Å². The lowest BCUT2D eigenvalue weighted by atomic mass is 10.00. The van der Waals surface area contributed by atoms with E-state index in [-0.39, 0.29) is 6.04 Å². The lowest BCUT2D eigenvalue weighted by Gasteiger charge is -2.31. The zero-order chi connectivity index (χ0) is 15.5. The van der Waals surface area contributed by atoms with E-state index >= 15 is 0 Å². The van der Waals surface area contributed by atoms with E-state index in [1.807, 2.05) is 5.38 Å². The van der Waals surface area contributed by atoms with Crippen molar-refractivity contribution >= 4 is 11.3 Å². The quantitative estimate of drug-likeness (QED) is 0.926. The third kappa shape index (κ3) is 3.21. The molecule has 2 nitrogen and oxygen atoms in total. The predicted octanol–water partition coefficient (Wildman–Crippen LogP) is 3.72. The summed E-state index contributed by atoms with van der Waals surface area (Å²) in [6.45, 7) is 5.70. The van der Waals surface area contributed by atoms with Crippen molar-refractivity contribution in [3.8, 4) is 0 Å². The Morgan fingerprint density at radius 3 is 2.77 bits per heavy atom. The average molecular weight is 322 g/mol. The van der Waals surface area contributed by atoms with E-state index in [2.05, 4.69) is 23.2 Å². The minimum absolute atomic E-state index is 0.138. The van der Waals surface area contributed by atoms with Gasteiger partial charge in [0.25, 0.3) is 0 Å². The maximum absolute atomic E-state index is 14.4. The van der Waals surface area contributed by atoms with Gasteiger partial charge in [0.15, 0.2) is 0 Å². The second-order valence-corrected chi connectivity index (χ2v) is 6.62. The van der Waals surface area contributed by atoms with Crippen LogP contribution in [0.3, 0.4) is 0 Å². The van der Waals surface area contributed by atoms with Crippen molar-refractivity contribution in [3.05, 3.63) is 57.3 Å². The summed E-state index contributed by atoms with van der Waals surface area (Å²) in [4.78, 5) is 3.45. The van der Waals surface area contributed by atoms with Gasteiger partial charge in [0, 0.05) is 36.1 Å². The number of hydrogen-bond donors (Lipinski definition) is 1. The summed E-state index contributed by atoms with van der Waals surface area (Å²) in [5.74, 6) is -0.990. The van der Waals surface area contributed by atoms with Crippen LogP contribution in [0.25, 0.3) is 0 Å². The highest BCUT2D eigenvalue weighted by molar-refractivity contribution is 7.10. The number of nitrogens with one attached hydrogen (secondary N) is 1. The van der Waals surface area contributed by atoms with Crippen LogP contribution < -0.4 is 5.32 Å². The molecule has 5 heteroatoms. The molecule has 22 heavy (non-hydrogen) atoms. The molecular formula is C17H20F2N2S. The van der Waals surface area contributed by atoms with E-state index in [9.17, 15) is 8.78 Å². The number of rotatable bonds is 3. The normalized spacial score (nSPS) is 18.1. The standard InChI is InChI=1S/C17H20F2N2S/c1-12-5-10-22-17(12)16(21-8-2-6-20-7-9-21)14-4-3-13(18)11-15(14)19/h3-5,10-11,16,20H,2,6-9H2,1H3. The molecule has 0 saturated carbocycles. The number of nitrogens with zero attached hydrogens (tertiary/aromatic N) is 1. The molecule has 1 aliphatic rings. The van der Waals surface area contributed by atoms with Crippen LogP contribution in [-0.4, -0.2) is 31.1 Å². The molecule has 0 bridgehead atoms. The Labute approximate surface area is 133 Å². The Bertz CT molecular complexity index is 633. The zero-order valence-corrected chi connectivity index (χ0v) is 13.4. The van der Waals surface area contributed by atoms with Crippen molar-refractivity contribution in [2.24, 2.45) is 0 Å². The molecule has 0 spiro atoms. The molecule has 0 radical (unpaired) electrons. The van der Waals surface area contributed by atoms with Gasteiger partial charge in [-0.25, -0.2) is 8.78 Å². The van der Waals surface area contributed by atoms with Crippen molar-refractivity contribution < 1.29 is 8.78 Å². The number of halogens is 2. The third-order valence-corrected chi connectivity index (χ3v) is 5.22. The molecule has 1 unspecified atom stereocenters. The second-order valence-electron chi connectivity index (χ2n) is 5.68. The van der Waals surface area contributed by atoms with Gasteiger partial charge in [-0.3, -0.25) is 4.90 Å². The molecular weight excluding hydrogens is 302 g/mol. The number of thiophene rings is 1. The van der Waals surface area contributed by atoms with E-state index in [0.717, 1.165) is 49.1 Å². The topological polar surface area (TPSA) is 15.3 Å². The van der Waals surface area contributed by atoms with Gasteiger partial charge in [-0.15, -0.1) is 11.3 Å². The van der Waals surface area contributed by atoms with Gasteiger partial charge in [-0.05, 0) is 43.0 Å². The number of aryl methyl sites for hydroxylation is 1. The molecule has 1 fully saturated rings. The fraction of sp³-hybridized carbons (Fsp3) is 0.412. The molecule has 1 N–H and O–H groups in total. The fourth-order valence-corrected chi connectivity index (χ4v) is 4.09. The molecule has 1 aromatic heterocycles. The SMILES string of the molecule is Cc1ccsc1C(c1ccc(F)cc1F)N1CCCNCC1. The summed E-state index contributed by atoms with van der Waals surface area (Å²) in [5, 5.41) is 5.41. The molecule has 3 rings (SSSR count). The second kappa shape index (κ2) is 6.86. The Morgan fingerprint density at radius 2 is 2.05 bits per heavy atom. The van der Waals surface area contributed by atoms with E-state index in [1.165, 1.54) is 6.07 Å². The van der Waals surface area contributed by atoms with E-state index in [1.54, 1.807) is 17.4 Å². The van der Waals surface area contributed by atoms with Crippen molar-refractivity contribution in [2.45, 2.75) is 19.4 Å². The summed E-state index contributed by atoms with van der Waals surface area (Å²) in [6, 6.07) is 5.85. The van der Waals surface area contributed by atoms with E-state index in [0.29, 0.717) is 5.56 Å². The summed E-state index contributed by atoms with van der Waals surface area (Å²) in [7, 11) is 0. The third-order valence-electron chi connectivity index (χ3n) is 4.15. The number of hydrogen-bond acceptors (Lipinski definition) is 3. The zero-order valence-electron chi connectivity index (χ0n) is 12.6. The van der Waals surface area contributed by atoms with Crippen LogP contribution >= 0.6 is 11.3 Å². The molecule has 1 atom stereocenters. The lowest BCUT2D eigenvalue weighted by Crippen LogP contribution is -2.33. The Kier molecular flexibility index (Phi) is 4.86. The molecule has 0 amide bonds. The first-order chi connectivity index (χ1) is 10.7. The molecule has 1 saturated heterocycles. The monoisotopic (exact) mass is 322 g/mol. The van der Waals surface area contributed by atoms with Crippen LogP contribution in [0.15, 0.2) is 29.6 Å². The molecule has 2 heterocycles. The maximum Gasteiger partial charge on any atom is 0.131 e. The molecule has 2 aromatic rings. The van der Waals surface area contributed by atoms with Crippen LogP contribution in [-0.2, 0) is 0 Å². The van der Waals surface area contributed by atoms with Crippen molar-refractivity contribution in [1.82, 2.24) is 10.2 Å². The minimum Gasteiger partial charge on any atom is -0.315 e. The van der Waals surface area contributed by atoms with Crippen LogP contribution in [0, 0.1) is 18.6 Å². The van der Waals surface area contributed by atoms with E-state index in [4.69, 9.17) is 0 Å². The molecule has 1 aromatic carbocycles. The fourth-order valence-electron chi connectivity index (χ4n) is 3.02. The van der Waals surface area contributed by atoms with Gasteiger partial charge in [0.1, 0.15) is 11.6 Å². The summed E-state index contributed by atoms with van der Waals surface area (Å²) in [5.41, 5.74) is 1.73. The largest absolute Gasteiger partial charge is 0.315 e. The maximum atomic E-state index is 14.4. The Morgan fingerprint density at radius 1 is 1.18 bits per heavy atom. The first-order valence-electron chi connectivity index (χ1n) is 7.60. The van der Waals surface area contributed by atoms with Gasteiger partial charge in [0.2, 0.25) is 0 Å². The van der Waals surface area contributed by atoms with Gasteiger partial charge in [-0.1, -0.05) is 6.07 Å². The van der Waals surface area contributed by atoms with Crippen LogP contribution in [0.4, 0.5) is 8.78 Å². The summed E-state index contributed by atoms with van der Waals surface area (Å²) < 4.78 is 27.7. The number of benzene rings is 1. The van der Waals surface area contributed by atoms with Gasteiger partial charge in [0.05, 0.1) is 6.04 Å². The molecule has 1 aliphatic heterocycles. The minimum atomic E-state index is -0.527. The van der Waals surface area contributed by atoms with Gasteiger partial charge in [-0.2, -0.15) is 0 Å². The lowest BCUT2D eigenvalue weighted by molar-refractivity contribution is 0.239. The van der Waals surface area contributed by atoms with Gasteiger partial charge >= 0.3 is 0 Å².